The monoisotopic (exact) mass is 321 g/mol. The Balaban J connectivity index is 1.57. The first kappa shape index (κ1) is 15.6. The summed E-state index contributed by atoms with van der Waals surface area (Å²) in [5, 5.41) is 12.6. The van der Waals surface area contributed by atoms with Crippen molar-refractivity contribution in [2.45, 2.75) is 25.2 Å². The summed E-state index contributed by atoms with van der Waals surface area (Å²) < 4.78 is 10.4. The van der Waals surface area contributed by atoms with Crippen molar-refractivity contribution in [3.05, 3.63) is 24.1 Å². The van der Waals surface area contributed by atoms with Gasteiger partial charge in [0.05, 0.1) is 17.5 Å². The van der Waals surface area contributed by atoms with Crippen molar-refractivity contribution in [1.82, 2.24) is 15.2 Å². The Bertz CT molecular complexity index is 678. The van der Waals surface area contributed by atoms with Gasteiger partial charge in [-0.05, 0) is 12.8 Å². The van der Waals surface area contributed by atoms with E-state index in [0.29, 0.717) is 24.2 Å². The second-order valence-corrected chi connectivity index (χ2v) is 5.45. The molecule has 0 spiro atoms. The number of fused-ring (bicyclic) bond motifs is 1. The van der Waals surface area contributed by atoms with Crippen LogP contribution in [0.15, 0.2) is 22.8 Å². The van der Waals surface area contributed by atoms with E-state index in [1.165, 1.54) is 11.2 Å². The minimum absolute atomic E-state index is 0.180. The maximum absolute atomic E-state index is 12.2. The number of furan rings is 1. The van der Waals surface area contributed by atoms with E-state index < -0.39 is 12.3 Å². The average Bonchev–Trinajstić information content (AvgIpc) is 3.25. The number of aromatic amines is 1. The van der Waals surface area contributed by atoms with Crippen LogP contribution in [0.25, 0.3) is 11.1 Å². The molecule has 124 valence electrons. The Labute approximate surface area is 132 Å². The van der Waals surface area contributed by atoms with Gasteiger partial charge in [-0.25, -0.2) is 0 Å². The number of nitrogens with zero attached hydrogens (tertiary/aromatic N) is 1. The third-order valence-electron chi connectivity index (χ3n) is 4.01. The lowest BCUT2D eigenvalue weighted by atomic mass is 10.2. The van der Waals surface area contributed by atoms with Gasteiger partial charge < -0.3 is 29.5 Å². The Morgan fingerprint density at radius 1 is 1.61 bits per heavy atom. The number of nitrogens with one attached hydrogen (secondary N) is 2. The minimum atomic E-state index is -1.26. The molecule has 8 heteroatoms. The molecule has 2 amide bonds. The number of aliphatic hydroxyl groups is 1. The van der Waals surface area contributed by atoms with Gasteiger partial charge in [0.1, 0.15) is 12.6 Å². The number of aromatic nitrogens is 1. The van der Waals surface area contributed by atoms with Crippen LogP contribution < -0.4 is 5.32 Å². The lowest BCUT2D eigenvalue weighted by molar-refractivity contribution is -0.154. The highest BCUT2D eigenvalue weighted by molar-refractivity contribution is 5.88. The van der Waals surface area contributed by atoms with Crippen LogP contribution >= 0.6 is 0 Å². The highest BCUT2D eigenvalue weighted by Crippen LogP contribution is 2.22. The van der Waals surface area contributed by atoms with Crippen LogP contribution in [0.2, 0.25) is 0 Å². The summed E-state index contributed by atoms with van der Waals surface area (Å²) >= 11 is 0. The molecule has 23 heavy (non-hydrogen) atoms. The molecular formula is C15H19N3O5. The van der Waals surface area contributed by atoms with E-state index in [9.17, 15) is 14.7 Å². The molecule has 1 fully saturated rings. The van der Waals surface area contributed by atoms with Gasteiger partial charge in [-0.2, -0.15) is 0 Å². The molecule has 1 saturated heterocycles. The van der Waals surface area contributed by atoms with Crippen molar-refractivity contribution in [3.63, 3.8) is 0 Å². The van der Waals surface area contributed by atoms with Gasteiger partial charge in [0.25, 0.3) is 0 Å². The summed E-state index contributed by atoms with van der Waals surface area (Å²) in [6.07, 6.45) is 1.69. The van der Waals surface area contributed by atoms with Gasteiger partial charge in [-0.15, -0.1) is 0 Å². The summed E-state index contributed by atoms with van der Waals surface area (Å²) in [6, 6.07) is 2.89. The van der Waals surface area contributed by atoms with E-state index >= 15 is 0 Å². The largest absolute Gasteiger partial charge is 0.463 e. The number of hydrogen-bond acceptors (Lipinski definition) is 5. The second kappa shape index (κ2) is 6.43. The molecule has 0 aromatic carbocycles. The van der Waals surface area contributed by atoms with Crippen molar-refractivity contribution in [1.29, 1.82) is 0 Å². The van der Waals surface area contributed by atoms with Crippen LogP contribution in [0.3, 0.4) is 0 Å². The molecule has 8 nitrogen and oxygen atoms in total. The Morgan fingerprint density at radius 3 is 3.17 bits per heavy atom. The average molecular weight is 321 g/mol. The fourth-order valence-electron chi connectivity index (χ4n) is 2.83. The zero-order valence-electron chi connectivity index (χ0n) is 12.7. The maximum Gasteiger partial charge on any atom is 0.249 e. The number of likely N-dealkylation sites (tertiary alicyclic amines) is 1. The molecule has 3 N–H and O–H groups in total. The standard InChI is InChI=1S/C15H19N3O5/c1-16-14(20)11-3-2-5-18(11)13(19)8-23-15(21)10-7-12-9(17-10)4-6-22-12/h4,6-7,11,15,17,21H,2-3,5,8H2,1H3,(H,16,20). The number of carbonyl (C=O) groups is 2. The quantitative estimate of drug-likeness (QED) is 0.695. The van der Waals surface area contributed by atoms with Gasteiger partial charge in [0.2, 0.25) is 11.8 Å². The lowest BCUT2D eigenvalue weighted by Crippen LogP contribution is -2.46. The van der Waals surface area contributed by atoms with Crippen molar-refractivity contribution >= 4 is 22.9 Å². The molecular weight excluding hydrogens is 302 g/mol. The van der Waals surface area contributed by atoms with Crippen molar-refractivity contribution in [2.24, 2.45) is 0 Å². The van der Waals surface area contributed by atoms with E-state index in [4.69, 9.17) is 9.15 Å². The number of ether oxygens (including phenoxy) is 1. The summed E-state index contributed by atoms with van der Waals surface area (Å²) in [5.74, 6) is -0.494. The first-order valence-electron chi connectivity index (χ1n) is 7.47. The van der Waals surface area contributed by atoms with E-state index in [1.54, 1.807) is 19.2 Å². The van der Waals surface area contributed by atoms with Crippen molar-refractivity contribution < 1.29 is 23.8 Å². The Hall–Kier alpha value is -2.32. The predicted octanol–water partition coefficient (Wildman–Crippen LogP) is 0.505. The number of H-pyrrole nitrogens is 1. The molecule has 1 aliphatic rings. The van der Waals surface area contributed by atoms with Crippen LogP contribution in [0.5, 0.6) is 0 Å². The molecule has 0 radical (unpaired) electrons. The SMILES string of the molecule is CNC(=O)C1CCCN1C(=O)COC(O)c1cc2occc2[nH]1. The molecule has 1 aliphatic heterocycles. The fourth-order valence-corrected chi connectivity index (χ4v) is 2.83. The lowest BCUT2D eigenvalue weighted by Gasteiger charge is -2.23. The summed E-state index contributed by atoms with van der Waals surface area (Å²) in [4.78, 5) is 28.4. The smallest absolute Gasteiger partial charge is 0.249 e. The number of amides is 2. The maximum atomic E-state index is 12.2. The van der Waals surface area contributed by atoms with Crippen molar-refractivity contribution in [2.75, 3.05) is 20.2 Å². The number of hydrogen-bond donors (Lipinski definition) is 3. The molecule has 0 bridgehead atoms. The van der Waals surface area contributed by atoms with E-state index in [1.807, 2.05) is 0 Å². The van der Waals surface area contributed by atoms with Crippen LogP contribution in [0, 0.1) is 0 Å². The minimum Gasteiger partial charge on any atom is -0.463 e. The van der Waals surface area contributed by atoms with Crippen LogP contribution in [0.4, 0.5) is 0 Å². The molecule has 0 saturated carbocycles. The van der Waals surface area contributed by atoms with Gasteiger partial charge in [0, 0.05) is 25.7 Å². The number of aliphatic hydroxyl groups excluding tert-OH is 1. The van der Waals surface area contributed by atoms with E-state index in [2.05, 4.69) is 10.3 Å². The fraction of sp³-hybridized carbons (Fsp3) is 0.467. The first-order chi connectivity index (χ1) is 11.1. The summed E-state index contributed by atoms with van der Waals surface area (Å²) in [7, 11) is 1.55. The third kappa shape index (κ3) is 3.08. The molecule has 0 aliphatic carbocycles. The highest BCUT2D eigenvalue weighted by Gasteiger charge is 2.33. The topological polar surface area (TPSA) is 108 Å². The number of likely N-dealkylation sites (N-methyl/N-ethyl adjacent to an activating group) is 1. The zero-order chi connectivity index (χ0) is 16.4. The highest BCUT2D eigenvalue weighted by atomic mass is 16.6. The molecule has 2 aromatic rings. The molecule has 2 unspecified atom stereocenters. The van der Waals surface area contributed by atoms with Crippen LogP contribution in [-0.4, -0.2) is 53.0 Å². The summed E-state index contributed by atoms with van der Waals surface area (Å²) in [5.41, 5.74) is 1.76. The number of carbonyl (C=O) groups excluding carboxylic acids is 2. The van der Waals surface area contributed by atoms with Gasteiger partial charge >= 0.3 is 0 Å². The van der Waals surface area contributed by atoms with Crippen LogP contribution in [0.1, 0.15) is 24.8 Å². The van der Waals surface area contributed by atoms with Crippen LogP contribution in [-0.2, 0) is 14.3 Å². The molecule has 2 aromatic heterocycles. The summed E-state index contributed by atoms with van der Waals surface area (Å²) in [6.45, 7) is 0.223. The normalized spacial score (nSPS) is 19.2. The van der Waals surface area contributed by atoms with E-state index in [0.717, 1.165) is 11.9 Å². The Morgan fingerprint density at radius 2 is 2.43 bits per heavy atom. The molecule has 3 rings (SSSR count). The number of rotatable bonds is 5. The Kier molecular flexibility index (Phi) is 4.35. The van der Waals surface area contributed by atoms with Gasteiger partial charge in [0.15, 0.2) is 11.9 Å². The van der Waals surface area contributed by atoms with E-state index in [-0.39, 0.29) is 18.4 Å². The molecule has 3 heterocycles. The first-order valence-corrected chi connectivity index (χ1v) is 7.47. The van der Waals surface area contributed by atoms with Gasteiger partial charge in [-0.1, -0.05) is 0 Å². The van der Waals surface area contributed by atoms with Crippen molar-refractivity contribution in [3.8, 4) is 0 Å². The third-order valence-corrected chi connectivity index (χ3v) is 4.01. The zero-order valence-corrected chi connectivity index (χ0v) is 12.7. The predicted molar refractivity (Wildman–Crippen MR) is 80.3 cm³/mol. The second-order valence-electron chi connectivity index (χ2n) is 5.45. The molecule has 2 atom stereocenters. The van der Waals surface area contributed by atoms with Gasteiger partial charge in [-0.3, -0.25) is 9.59 Å².